The van der Waals surface area contributed by atoms with Crippen LogP contribution in [0.5, 0.6) is 5.75 Å². The Morgan fingerprint density at radius 3 is 2.80 bits per heavy atom. The molecule has 2 heterocycles. The summed E-state index contributed by atoms with van der Waals surface area (Å²) in [6, 6.07) is 10.8. The molecule has 3 aromatic rings. The first-order valence-corrected chi connectivity index (χ1v) is 8.07. The van der Waals surface area contributed by atoms with Crippen LogP contribution in [0.2, 0.25) is 0 Å². The lowest BCUT2D eigenvalue weighted by Gasteiger charge is -2.24. The van der Waals surface area contributed by atoms with Crippen molar-refractivity contribution < 1.29 is 9.13 Å². The zero-order valence-corrected chi connectivity index (χ0v) is 14.5. The van der Waals surface area contributed by atoms with Gasteiger partial charge >= 0.3 is 0 Å². The first kappa shape index (κ1) is 17.1. The van der Waals surface area contributed by atoms with Crippen molar-refractivity contribution in [3.8, 4) is 17.0 Å². The molecule has 0 aliphatic carbocycles. The Morgan fingerprint density at radius 1 is 1.28 bits per heavy atom. The van der Waals surface area contributed by atoms with E-state index in [1.807, 2.05) is 25.2 Å². The van der Waals surface area contributed by atoms with Gasteiger partial charge in [-0.3, -0.25) is 15.0 Å². The fourth-order valence-electron chi connectivity index (χ4n) is 2.74. The van der Waals surface area contributed by atoms with Crippen molar-refractivity contribution in [2.45, 2.75) is 19.5 Å². The number of aromatic nitrogens is 3. The summed E-state index contributed by atoms with van der Waals surface area (Å²) in [5, 5.41) is 7.01. The number of methoxy groups -OCH3 is 1. The molecule has 0 saturated carbocycles. The van der Waals surface area contributed by atoms with Gasteiger partial charge in [-0.25, -0.2) is 4.39 Å². The Kier molecular flexibility index (Phi) is 5.09. The highest BCUT2D eigenvalue weighted by Crippen LogP contribution is 2.29. The van der Waals surface area contributed by atoms with Gasteiger partial charge in [-0.1, -0.05) is 6.07 Å². The lowest BCUT2D eigenvalue weighted by Crippen LogP contribution is -2.22. The van der Waals surface area contributed by atoms with Crippen molar-refractivity contribution in [1.29, 1.82) is 0 Å². The number of pyridine rings is 1. The van der Waals surface area contributed by atoms with Crippen LogP contribution >= 0.6 is 0 Å². The number of ether oxygens (including phenoxy) is 1. The minimum absolute atomic E-state index is 0.129. The van der Waals surface area contributed by atoms with Crippen molar-refractivity contribution in [2.24, 2.45) is 0 Å². The monoisotopic (exact) mass is 340 g/mol. The van der Waals surface area contributed by atoms with Gasteiger partial charge in [-0.05, 0) is 38.2 Å². The lowest BCUT2D eigenvalue weighted by atomic mass is 10.1. The van der Waals surface area contributed by atoms with E-state index in [0.717, 1.165) is 11.3 Å². The fraction of sp³-hybridized carbons (Fsp3) is 0.263. The fourth-order valence-corrected chi connectivity index (χ4v) is 2.74. The third kappa shape index (κ3) is 3.69. The number of hydrogen-bond donors (Lipinski definition) is 1. The first-order chi connectivity index (χ1) is 12.1. The molecule has 0 aliphatic heterocycles. The molecule has 0 amide bonds. The number of hydrogen-bond acceptors (Lipinski definition) is 4. The molecule has 0 spiro atoms. The molecule has 3 rings (SSSR count). The molecule has 130 valence electrons. The van der Waals surface area contributed by atoms with Crippen LogP contribution in [0.3, 0.4) is 0 Å². The SMILES string of the molecule is COc1ccc(-c2[nH]ncc2CN(C)C(C)c2ccccn2)c(F)c1. The molecular formula is C19H21FN4O. The van der Waals surface area contributed by atoms with Crippen LogP contribution in [0, 0.1) is 5.82 Å². The molecule has 1 N–H and O–H groups in total. The number of nitrogens with zero attached hydrogens (tertiary/aromatic N) is 3. The average molecular weight is 340 g/mol. The van der Waals surface area contributed by atoms with Crippen LogP contribution in [0.4, 0.5) is 4.39 Å². The smallest absolute Gasteiger partial charge is 0.136 e. The van der Waals surface area contributed by atoms with Crippen LogP contribution in [0.25, 0.3) is 11.3 Å². The molecule has 25 heavy (non-hydrogen) atoms. The normalized spacial score (nSPS) is 12.4. The number of benzene rings is 1. The maximum Gasteiger partial charge on any atom is 0.136 e. The van der Waals surface area contributed by atoms with E-state index in [2.05, 4.69) is 27.0 Å². The van der Waals surface area contributed by atoms with E-state index in [-0.39, 0.29) is 11.9 Å². The van der Waals surface area contributed by atoms with Crippen molar-refractivity contribution >= 4 is 0 Å². The van der Waals surface area contributed by atoms with Crippen LogP contribution in [-0.4, -0.2) is 34.2 Å². The van der Waals surface area contributed by atoms with Crippen LogP contribution in [-0.2, 0) is 6.54 Å². The molecule has 6 heteroatoms. The van der Waals surface area contributed by atoms with Gasteiger partial charge in [0.2, 0.25) is 0 Å². The summed E-state index contributed by atoms with van der Waals surface area (Å²) in [7, 11) is 3.53. The predicted molar refractivity (Wildman–Crippen MR) is 94.7 cm³/mol. The quantitative estimate of drug-likeness (QED) is 0.741. The highest BCUT2D eigenvalue weighted by molar-refractivity contribution is 5.64. The molecule has 1 aromatic carbocycles. The maximum absolute atomic E-state index is 14.4. The Balaban J connectivity index is 1.82. The molecule has 0 saturated heterocycles. The minimum atomic E-state index is -0.342. The molecule has 5 nitrogen and oxygen atoms in total. The summed E-state index contributed by atoms with van der Waals surface area (Å²) in [6.45, 7) is 2.71. The van der Waals surface area contributed by atoms with E-state index >= 15 is 0 Å². The third-order valence-corrected chi connectivity index (χ3v) is 4.36. The van der Waals surface area contributed by atoms with Gasteiger partial charge in [-0.15, -0.1) is 0 Å². The minimum Gasteiger partial charge on any atom is -0.497 e. The molecule has 2 aromatic heterocycles. The van der Waals surface area contributed by atoms with Crippen molar-refractivity contribution in [3.63, 3.8) is 0 Å². The number of nitrogens with one attached hydrogen (secondary N) is 1. The summed E-state index contributed by atoms with van der Waals surface area (Å²) in [5.41, 5.74) is 3.08. The van der Waals surface area contributed by atoms with Gasteiger partial charge in [0.25, 0.3) is 0 Å². The van der Waals surface area contributed by atoms with Gasteiger partial charge in [0, 0.05) is 36.0 Å². The van der Waals surface area contributed by atoms with Crippen molar-refractivity contribution in [2.75, 3.05) is 14.2 Å². The van der Waals surface area contributed by atoms with Gasteiger partial charge < -0.3 is 4.74 Å². The van der Waals surface area contributed by atoms with Crippen molar-refractivity contribution in [1.82, 2.24) is 20.1 Å². The molecule has 1 unspecified atom stereocenters. The van der Waals surface area contributed by atoms with E-state index < -0.39 is 0 Å². The molecule has 0 radical (unpaired) electrons. The van der Waals surface area contributed by atoms with Crippen LogP contribution in [0.15, 0.2) is 48.8 Å². The van der Waals surface area contributed by atoms with E-state index in [4.69, 9.17) is 4.74 Å². The lowest BCUT2D eigenvalue weighted by molar-refractivity contribution is 0.249. The second-order valence-electron chi connectivity index (χ2n) is 5.96. The summed E-state index contributed by atoms with van der Waals surface area (Å²) in [4.78, 5) is 6.55. The topological polar surface area (TPSA) is 54.0 Å². The summed E-state index contributed by atoms with van der Waals surface area (Å²) >= 11 is 0. The van der Waals surface area contributed by atoms with Gasteiger partial charge in [-0.2, -0.15) is 5.10 Å². The standard InChI is InChI=1S/C19H21FN4O/c1-13(18-6-4-5-9-21-18)24(2)12-14-11-22-23-19(14)16-8-7-15(25-3)10-17(16)20/h4-11,13H,12H2,1-3H3,(H,22,23). The highest BCUT2D eigenvalue weighted by atomic mass is 19.1. The maximum atomic E-state index is 14.4. The zero-order chi connectivity index (χ0) is 17.8. The Bertz CT molecular complexity index is 834. The first-order valence-electron chi connectivity index (χ1n) is 8.07. The molecule has 0 fully saturated rings. The van der Waals surface area contributed by atoms with E-state index in [0.29, 0.717) is 23.6 Å². The summed E-state index contributed by atoms with van der Waals surface area (Å²) in [6.07, 6.45) is 3.52. The van der Waals surface area contributed by atoms with E-state index in [9.17, 15) is 4.39 Å². The molecule has 1 atom stereocenters. The second-order valence-corrected chi connectivity index (χ2v) is 5.96. The molecule has 0 bridgehead atoms. The second kappa shape index (κ2) is 7.44. The molecular weight excluding hydrogens is 319 g/mol. The average Bonchev–Trinajstić information content (AvgIpc) is 3.09. The Hall–Kier alpha value is -2.73. The van der Waals surface area contributed by atoms with E-state index in [1.165, 1.54) is 13.2 Å². The Morgan fingerprint density at radius 2 is 2.12 bits per heavy atom. The zero-order valence-electron chi connectivity index (χ0n) is 14.5. The number of halogens is 1. The third-order valence-electron chi connectivity index (χ3n) is 4.36. The Labute approximate surface area is 146 Å². The molecule has 0 aliphatic rings. The van der Waals surface area contributed by atoms with E-state index in [1.54, 1.807) is 24.5 Å². The number of aromatic amines is 1. The number of rotatable bonds is 6. The van der Waals surface area contributed by atoms with Crippen LogP contribution < -0.4 is 4.74 Å². The van der Waals surface area contributed by atoms with Crippen molar-refractivity contribution in [3.05, 3.63) is 65.9 Å². The predicted octanol–water partition coefficient (Wildman–Crippen LogP) is 3.81. The van der Waals surface area contributed by atoms with Gasteiger partial charge in [0.05, 0.1) is 24.7 Å². The van der Waals surface area contributed by atoms with Gasteiger partial charge in [0.15, 0.2) is 0 Å². The summed E-state index contributed by atoms with van der Waals surface area (Å²) in [5.74, 6) is 0.147. The number of H-pyrrole nitrogens is 1. The largest absolute Gasteiger partial charge is 0.497 e. The van der Waals surface area contributed by atoms with Crippen LogP contribution in [0.1, 0.15) is 24.2 Å². The van der Waals surface area contributed by atoms with Gasteiger partial charge in [0.1, 0.15) is 11.6 Å². The summed E-state index contributed by atoms with van der Waals surface area (Å²) < 4.78 is 19.5. The highest BCUT2D eigenvalue weighted by Gasteiger charge is 2.18.